The molecule has 2 nitrogen and oxygen atoms in total. The summed E-state index contributed by atoms with van der Waals surface area (Å²) in [6, 6.07) is 0.633. The molecule has 1 aliphatic heterocycles. The lowest BCUT2D eigenvalue weighted by Crippen LogP contribution is -2.46. The Balaban J connectivity index is 0.00000242. The summed E-state index contributed by atoms with van der Waals surface area (Å²) >= 11 is 2.93. The van der Waals surface area contributed by atoms with Gasteiger partial charge in [-0.25, -0.2) is 8.78 Å². The van der Waals surface area contributed by atoms with Crippen LogP contribution in [0.25, 0.3) is 0 Å². The van der Waals surface area contributed by atoms with Gasteiger partial charge in [-0.05, 0) is 12.1 Å². The van der Waals surface area contributed by atoms with Crippen LogP contribution in [0, 0.1) is 11.6 Å². The fourth-order valence-corrected chi connectivity index (χ4v) is 2.90. The molecule has 1 fully saturated rings. The lowest BCUT2D eigenvalue weighted by molar-refractivity contribution is -0.149. The van der Waals surface area contributed by atoms with Crippen LogP contribution in [0.2, 0.25) is 0 Å². The van der Waals surface area contributed by atoms with Gasteiger partial charge in [0, 0.05) is 42.3 Å². The number of piperazine rings is 1. The Hall–Kier alpha value is -0.150. The topological polar surface area (TPSA) is 15.3 Å². The second-order valence-corrected chi connectivity index (χ2v) is 5.82. The SMILES string of the molecule is Cl.Cl.Fc1cc(Br)cc(F)c1[C@@H](CC(F)(F)F)N1CCNCC1. The van der Waals surface area contributed by atoms with Gasteiger partial charge in [-0.3, -0.25) is 4.90 Å². The number of alkyl halides is 3. The van der Waals surface area contributed by atoms with Crippen LogP contribution in [0.1, 0.15) is 18.0 Å². The van der Waals surface area contributed by atoms with Crippen LogP contribution in [0.15, 0.2) is 16.6 Å². The van der Waals surface area contributed by atoms with Crippen molar-refractivity contribution >= 4 is 40.7 Å². The largest absolute Gasteiger partial charge is 0.390 e. The summed E-state index contributed by atoms with van der Waals surface area (Å²) in [5, 5.41) is 3.00. The fourth-order valence-electron chi connectivity index (χ4n) is 2.50. The Kier molecular flexibility index (Phi) is 9.30. The van der Waals surface area contributed by atoms with Crippen LogP contribution in [-0.4, -0.2) is 37.3 Å². The number of hydrogen-bond acceptors (Lipinski definition) is 2. The van der Waals surface area contributed by atoms with Gasteiger partial charge < -0.3 is 5.32 Å². The highest BCUT2D eigenvalue weighted by Gasteiger charge is 2.38. The summed E-state index contributed by atoms with van der Waals surface area (Å²) in [5.41, 5.74) is -0.516. The fraction of sp³-hybridized carbons (Fsp3) is 0.538. The van der Waals surface area contributed by atoms with E-state index in [1.165, 1.54) is 4.90 Å². The third-order valence-corrected chi connectivity index (χ3v) is 3.85. The molecule has 1 aromatic rings. The Morgan fingerprint density at radius 2 is 1.57 bits per heavy atom. The average molecular weight is 446 g/mol. The van der Waals surface area contributed by atoms with Crippen molar-refractivity contribution in [3.05, 3.63) is 33.8 Å². The van der Waals surface area contributed by atoms with Crippen LogP contribution < -0.4 is 5.32 Å². The molecule has 0 unspecified atom stereocenters. The molecule has 134 valence electrons. The van der Waals surface area contributed by atoms with Gasteiger partial charge >= 0.3 is 6.18 Å². The summed E-state index contributed by atoms with van der Waals surface area (Å²) in [6.45, 7) is 1.62. The summed E-state index contributed by atoms with van der Waals surface area (Å²) in [6.07, 6.45) is -5.77. The Morgan fingerprint density at radius 3 is 2.00 bits per heavy atom. The first kappa shape index (κ1) is 22.9. The van der Waals surface area contributed by atoms with Crippen molar-refractivity contribution in [2.45, 2.75) is 18.6 Å². The molecule has 1 aromatic carbocycles. The van der Waals surface area contributed by atoms with E-state index >= 15 is 0 Å². The highest BCUT2D eigenvalue weighted by Crippen LogP contribution is 2.37. The molecule has 1 N–H and O–H groups in total. The maximum atomic E-state index is 14.0. The van der Waals surface area contributed by atoms with E-state index in [2.05, 4.69) is 21.2 Å². The molecule has 23 heavy (non-hydrogen) atoms. The Bertz CT molecular complexity index is 487. The minimum absolute atomic E-state index is 0. The van der Waals surface area contributed by atoms with Gasteiger partial charge in [0.25, 0.3) is 0 Å². The lowest BCUT2D eigenvalue weighted by atomic mass is 9.99. The van der Waals surface area contributed by atoms with Crippen molar-refractivity contribution in [3.8, 4) is 0 Å². The van der Waals surface area contributed by atoms with Crippen LogP contribution >= 0.6 is 40.7 Å². The van der Waals surface area contributed by atoms with Gasteiger partial charge in [0.2, 0.25) is 0 Å². The molecule has 0 aliphatic carbocycles. The highest BCUT2D eigenvalue weighted by molar-refractivity contribution is 9.10. The molecule has 1 aliphatic rings. The molecule has 1 saturated heterocycles. The standard InChI is InChI=1S/C13H14BrF5N2.2ClH/c14-8-5-9(15)12(10(16)6-8)11(7-13(17,18)19)21-3-1-20-2-4-21;;/h5-6,11,20H,1-4,7H2;2*1H/t11-;;/m1../s1. The van der Waals surface area contributed by atoms with Crippen molar-refractivity contribution in [3.63, 3.8) is 0 Å². The number of rotatable bonds is 3. The van der Waals surface area contributed by atoms with E-state index in [0.717, 1.165) is 12.1 Å². The van der Waals surface area contributed by atoms with Crippen LogP contribution in [-0.2, 0) is 0 Å². The molecule has 10 heteroatoms. The third kappa shape index (κ3) is 6.34. The average Bonchev–Trinajstić information content (AvgIpc) is 2.36. The van der Waals surface area contributed by atoms with Gasteiger partial charge in [-0.15, -0.1) is 24.8 Å². The van der Waals surface area contributed by atoms with E-state index in [4.69, 9.17) is 0 Å². The summed E-state index contributed by atoms with van der Waals surface area (Å²) in [5.74, 6) is -1.93. The molecule has 0 saturated carbocycles. The predicted octanol–water partition coefficient (Wildman–Crippen LogP) is 4.47. The first-order chi connectivity index (χ1) is 9.78. The van der Waals surface area contributed by atoms with Crippen LogP contribution in [0.4, 0.5) is 22.0 Å². The van der Waals surface area contributed by atoms with Gasteiger partial charge in [-0.1, -0.05) is 15.9 Å². The highest BCUT2D eigenvalue weighted by atomic mass is 79.9. The predicted molar refractivity (Wildman–Crippen MR) is 86.4 cm³/mol. The third-order valence-electron chi connectivity index (χ3n) is 3.39. The van der Waals surface area contributed by atoms with Crippen molar-refractivity contribution in [1.82, 2.24) is 10.2 Å². The number of nitrogens with one attached hydrogen (secondary N) is 1. The van der Waals surface area contributed by atoms with E-state index in [1.54, 1.807) is 0 Å². The van der Waals surface area contributed by atoms with Crippen LogP contribution in [0.5, 0.6) is 0 Å². The summed E-state index contributed by atoms with van der Waals surface area (Å²) < 4.78 is 66.6. The number of benzene rings is 1. The van der Waals surface area contributed by atoms with Crippen molar-refractivity contribution < 1.29 is 22.0 Å². The van der Waals surface area contributed by atoms with E-state index in [1.807, 2.05) is 0 Å². The molecule has 0 amide bonds. The van der Waals surface area contributed by atoms with Crippen molar-refractivity contribution in [1.29, 1.82) is 0 Å². The maximum absolute atomic E-state index is 14.0. The van der Waals surface area contributed by atoms with E-state index < -0.39 is 35.8 Å². The first-order valence-electron chi connectivity index (χ1n) is 6.44. The minimum Gasteiger partial charge on any atom is -0.314 e. The molecule has 0 radical (unpaired) electrons. The molecular weight excluding hydrogens is 430 g/mol. The van der Waals surface area contributed by atoms with Crippen molar-refractivity contribution in [2.24, 2.45) is 0 Å². The normalized spacial score (nSPS) is 17.1. The number of halogens is 8. The van der Waals surface area contributed by atoms with Gasteiger partial charge in [0.1, 0.15) is 11.6 Å². The summed E-state index contributed by atoms with van der Waals surface area (Å²) in [7, 11) is 0. The van der Waals surface area contributed by atoms with E-state index in [9.17, 15) is 22.0 Å². The maximum Gasteiger partial charge on any atom is 0.390 e. The second-order valence-electron chi connectivity index (χ2n) is 4.90. The quantitative estimate of drug-likeness (QED) is 0.690. The molecule has 1 heterocycles. The molecular formula is C13H16BrCl2F5N2. The summed E-state index contributed by atoms with van der Waals surface area (Å²) in [4.78, 5) is 1.47. The Labute approximate surface area is 151 Å². The zero-order chi connectivity index (χ0) is 15.6. The zero-order valence-corrected chi connectivity index (χ0v) is 15.0. The van der Waals surface area contributed by atoms with E-state index in [0.29, 0.717) is 26.2 Å². The van der Waals surface area contributed by atoms with E-state index in [-0.39, 0.29) is 29.3 Å². The molecule has 2 rings (SSSR count). The molecule has 0 bridgehead atoms. The van der Waals surface area contributed by atoms with Crippen LogP contribution in [0.3, 0.4) is 0 Å². The van der Waals surface area contributed by atoms with Crippen molar-refractivity contribution in [2.75, 3.05) is 26.2 Å². The number of hydrogen-bond donors (Lipinski definition) is 1. The minimum atomic E-state index is -4.50. The molecule has 0 aromatic heterocycles. The lowest BCUT2D eigenvalue weighted by Gasteiger charge is -2.35. The molecule has 0 spiro atoms. The smallest absolute Gasteiger partial charge is 0.314 e. The Morgan fingerprint density at radius 1 is 1.09 bits per heavy atom. The van der Waals surface area contributed by atoms with Gasteiger partial charge in [0.05, 0.1) is 6.42 Å². The first-order valence-corrected chi connectivity index (χ1v) is 7.23. The van der Waals surface area contributed by atoms with Gasteiger partial charge in [0.15, 0.2) is 0 Å². The zero-order valence-electron chi connectivity index (χ0n) is 11.8. The molecule has 1 atom stereocenters. The monoisotopic (exact) mass is 444 g/mol. The number of nitrogens with zero attached hydrogens (tertiary/aromatic N) is 1. The second kappa shape index (κ2) is 9.36. The van der Waals surface area contributed by atoms with Gasteiger partial charge in [-0.2, -0.15) is 13.2 Å².